The molecule has 0 bridgehead atoms. The predicted octanol–water partition coefficient (Wildman–Crippen LogP) is 2.38. The molecule has 114 valence electrons. The molecule has 1 heterocycles. The maximum atomic E-state index is 5.71. The summed E-state index contributed by atoms with van der Waals surface area (Å²) < 4.78 is 1.97. The first-order valence-corrected chi connectivity index (χ1v) is 7.74. The van der Waals surface area contributed by atoms with Crippen LogP contribution in [0.25, 0.3) is 0 Å². The fourth-order valence-corrected chi connectivity index (χ4v) is 2.63. The van der Waals surface area contributed by atoms with Gasteiger partial charge in [0.2, 0.25) is 0 Å². The molecule has 0 aliphatic heterocycles. The summed E-state index contributed by atoms with van der Waals surface area (Å²) in [7, 11) is 2.01. The number of benzene rings is 1. The fourth-order valence-electron chi connectivity index (χ4n) is 2.63. The summed E-state index contributed by atoms with van der Waals surface area (Å²) in [5.74, 6) is 5.71. The molecule has 21 heavy (non-hydrogen) atoms. The minimum Gasteiger partial charge on any atom is -0.272 e. The molecule has 4 heteroatoms. The van der Waals surface area contributed by atoms with Crippen LogP contribution in [0, 0.1) is 0 Å². The van der Waals surface area contributed by atoms with E-state index in [4.69, 9.17) is 5.84 Å². The van der Waals surface area contributed by atoms with E-state index in [2.05, 4.69) is 53.8 Å². The van der Waals surface area contributed by atoms with Crippen molar-refractivity contribution in [1.82, 2.24) is 15.2 Å². The number of nitrogens with zero attached hydrogens (tertiary/aromatic N) is 2. The van der Waals surface area contributed by atoms with E-state index in [0.717, 1.165) is 37.8 Å². The van der Waals surface area contributed by atoms with E-state index in [1.165, 1.54) is 11.3 Å². The van der Waals surface area contributed by atoms with Crippen molar-refractivity contribution in [2.45, 2.75) is 45.1 Å². The Balaban J connectivity index is 1.84. The van der Waals surface area contributed by atoms with Crippen LogP contribution >= 0.6 is 0 Å². The Morgan fingerprint density at radius 1 is 1.29 bits per heavy atom. The van der Waals surface area contributed by atoms with Gasteiger partial charge in [-0.1, -0.05) is 37.3 Å². The van der Waals surface area contributed by atoms with Gasteiger partial charge in [0.1, 0.15) is 0 Å². The van der Waals surface area contributed by atoms with Crippen molar-refractivity contribution in [3.63, 3.8) is 0 Å². The van der Waals surface area contributed by atoms with E-state index >= 15 is 0 Å². The average Bonchev–Trinajstić information content (AvgIpc) is 2.87. The molecular weight excluding hydrogens is 260 g/mol. The van der Waals surface area contributed by atoms with Crippen molar-refractivity contribution in [2.75, 3.05) is 0 Å². The van der Waals surface area contributed by atoms with Gasteiger partial charge in [0, 0.05) is 25.2 Å². The lowest BCUT2D eigenvalue weighted by Gasteiger charge is -2.15. The standard InChI is InChI=1S/C17H26N4/c1-3-15-12-17(21(2)20-15)13-16(19-18)11-7-10-14-8-5-4-6-9-14/h4-6,8-9,12,16,19H,3,7,10-11,13,18H2,1-2H3. The van der Waals surface area contributed by atoms with Crippen molar-refractivity contribution in [3.8, 4) is 0 Å². The first-order valence-electron chi connectivity index (χ1n) is 7.74. The summed E-state index contributed by atoms with van der Waals surface area (Å²) in [6.07, 6.45) is 5.21. The monoisotopic (exact) mass is 286 g/mol. The summed E-state index contributed by atoms with van der Waals surface area (Å²) in [6.45, 7) is 2.13. The van der Waals surface area contributed by atoms with Crippen LogP contribution in [0.4, 0.5) is 0 Å². The Kier molecular flexibility index (Phi) is 5.96. The predicted molar refractivity (Wildman–Crippen MR) is 86.8 cm³/mol. The van der Waals surface area contributed by atoms with E-state index in [1.807, 2.05) is 11.7 Å². The summed E-state index contributed by atoms with van der Waals surface area (Å²) >= 11 is 0. The highest BCUT2D eigenvalue weighted by molar-refractivity contribution is 5.15. The van der Waals surface area contributed by atoms with Crippen molar-refractivity contribution >= 4 is 0 Å². The smallest absolute Gasteiger partial charge is 0.0624 e. The van der Waals surface area contributed by atoms with Gasteiger partial charge in [-0.15, -0.1) is 0 Å². The van der Waals surface area contributed by atoms with Gasteiger partial charge in [-0.2, -0.15) is 5.10 Å². The Morgan fingerprint density at radius 2 is 2.05 bits per heavy atom. The molecule has 1 aromatic heterocycles. The van der Waals surface area contributed by atoms with Crippen LogP contribution < -0.4 is 11.3 Å². The molecule has 0 saturated heterocycles. The second-order valence-corrected chi connectivity index (χ2v) is 5.55. The Hall–Kier alpha value is -1.65. The molecule has 0 saturated carbocycles. The van der Waals surface area contributed by atoms with Gasteiger partial charge in [0.05, 0.1) is 5.69 Å². The minimum atomic E-state index is 0.300. The molecule has 1 aromatic carbocycles. The maximum absolute atomic E-state index is 5.71. The number of hydrogen-bond donors (Lipinski definition) is 2. The first-order chi connectivity index (χ1) is 10.2. The van der Waals surface area contributed by atoms with Crippen LogP contribution in [0.2, 0.25) is 0 Å². The zero-order chi connectivity index (χ0) is 15.1. The molecule has 4 nitrogen and oxygen atoms in total. The number of hydrogen-bond acceptors (Lipinski definition) is 3. The third-order valence-corrected chi connectivity index (χ3v) is 3.94. The summed E-state index contributed by atoms with van der Waals surface area (Å²) in [5.41, 5.74) is 6.73. The number of aromatic nitrogens is 2. The minimum absolute atomic E-state index is 0.300. The van der Waals surface area contributed by atoms with Crippen molar-refractivity contribution < 1.29 is 0 Å². The van der Waals surface area contributed by atoms with Crippen LogP contribution in [-0.2, 0) is 26.3 Å². The average molecular weight is 286 g/mol. The normalized spacial score (nSPS) is 12.5. The molecular formula is C17H26N4. The summed E-state index contributed by atoms with van der Waals surface area (Å²) in [4.78, 5) is 0. The number of nitrogens with one attached hydrogen (secondary N) is 1. The molecule has 0 aliphatic rings. The number of rotatable bonds is 8. The SMILES string of the molecule is CCc1cc(CC(CCCc2ccccc2)NN)n(C)n1. The quantitative estimate of drug-likeness (QED) is 0.578. The van der Waals surface area contributed by atoms with E-state index in [1.54, 1.807) is 0 Å². The second kappa shape index (κ2) is 7.96. The highest BCUT2D eigenvalue weighted by atomic mass is 15.3. The summed E-state index contributed by atoms with van der Waals surface area (Å²) in [5, 5.41) is 4.49. The lowest BCUT2D eigenvalue weighted by Crippen LogP contribution is -2.37. The van der Waals surface area contributed by atoms with Crippen molar-refractivity contribution in [1.29, 1.82) is 0 Å². The molecule has 1 unspecified atom stereocenters. The van der Waals surface area contributed by atoms with Gasteiger partial charge < -0.3 is 0 Å². The third kappa shape index (κ3) is 4.69. The van der Waals surface area contributed by atoms with Crippen LogP contribution in [0.15, 0.2) is 36.4 Å². The molecule has 3 N–H and O–H groups in total. The second-order valence-electron chi connectivity index (χ2n) is 5.55. The fraction of sp³-hybridized carbons (Fsp3) is 0.471. The highest BCUT2D eigenvalue weighted by Gasteiger charge is 2.11. The maximum Gasteiger partial charge on any atom is 0.0624 e. The Bertz CT molecular complexity index is 533. The lowest BCUT2D eigenvalue weighted by atomic mass is 10.0. The third-order valence-electron chi connectivity index (χ3n) is 3.94. The van der Waals surface area contributed by atoms with Crippen LogP contribution in [0.5, 0.6) is 0 Å². The lowest BCUT2D eigenvalue weighted by molar-refractivity contribution is 0.464. The molecule has 0 aliphatic carbocycles. The highest BCUT2D eigenvalue weighted by Crippen LogP contribution is 2.11. The van der Waals surface area contributed by atoms with Crippen molar-refractivity contribution in [2.24, 2.45) is 12.9 Å². The van der Waals surface area contributed by atoms with E-state index in [9.17, 15) is 0 Å². The largest absolute Gasteiger partial charge is 0.272 e. The van der Waals surface area contributed by atoms with Gasteiger partial charge in [-0.3, -0.25) is 16.0 Å². The molecule has 0 radical (unpaired) electrons. The van der Waals surface area contributed by atoms with E-state index in [-0.39, 0.29) is 0 Å². The van der Waals surface area contributed by atoms with Gasteiger partial charge in [0.25, 0.3) is 0 Å². The first kappa shape index (κ1) is 15.7. The number of nitrogens with two attached hydrogens (primary N) is 1. The Labute approximate surface area is 127 Å². The molecule has 2 rings (SSSR count). The molecule has 0 fully saturated rings. The van der Waals surface area contributed by atoms with Gasteiger partial charge in [-0.25, -0.2) is 0 Å². The van der Waals surface area contributed by atoms with Gasteiger partial charge in [-0.05, 0) is 37.3 Å². The number of hydrazine groups is 1. The van der Waals surface area contributed by atoms with Gasteiger partial charge in [0.15, 0.2) is 0 Å². The molecule has 1 atom stereocenters. The molecule has 2 aromatic rings. The van der Waals surface area contributed by atoms with Crippen LogP contribution in [0.3, 0.4) is 0 Å². The van der Waals surface area contributed by atoms with E-state index in [0.29, 0.717) is 6.04 Å². The zero-order valence-corrected chi connectivity index (χ0v) is 13.0. The summed E-state index contributed by atoms with van der Waals surface area (Å²) in [6, 6.07) is 13.1. The molecule has 0 amide bonds. The topological polar surface area (TPSA) is 55.9 Å². The van der Waals surface area contributed by atoms with E-state index < -0.39 is 0 Å². The van der Waals surface area contributed by atoms with Gasteiger partial charge >= 0.3 is 0 Å². The zero-order valence-electron chi connectivity index (χ0n) is 13.0. The number of aryl methyl sites for hydroxylation is 3. The van der Waals surface area contributed by atoms with Crippen molar-refractivity contribution in [3.05, 3.63) is 53.3 Å². The Morgan fingerprint density at radius 3 is 2.67 bits per heavy atom. The van der Waals surface area contributed by atoms with Crippen LogP contribution in [0.1, 0.15) is 36.7 Å². The van der Waals surface area contributed by atoms with Crippen LogP contribution in [-0.4, -0.2) is 15.8 Å². The molecule has 0 spiro atoms.